The number of ether oxygens (including phenoxy) is 2. The average Bonchev–Trinajstić information content (AvgIpc) is 3.41. The Labute approximate surface area is 212 Å². The van der Waals surface area contributed by atoms with Crippen molar-refractivity contribution in [2.24, 2.45) is 0 Å². The Kier molecular flexibility index (Phi) is 7.72. The molecule has 197 valence electrons. The molecule has 0 spiro atoms. The van der Waals surface area contributed by atoms with Crippen molar-refractivity contribution in [1.29, 1.82) is 0 Å². The minimum absolute atomic E-state index is 0.0674. The average molecular weight is 515 g/mol. The van der Waals surface area contributed by atoms with Crippen LogP contribution >= 0.6 is 0 Å². The second-order valence-electron chi connectivity index (χ2n) is 9.48. The Morgan fingerprint density at radius 1 is 1.22 bits per heavy atom. The van der Waals surface area contributed by atoms with Crippen molar-refractivity contribution in [1.82, 2.24) is 0 Å². The van der Waals surface area contributed by atoms with E-state index in [1.165, 1.54) is 6.92 Å². The smallest absolute Gasteiger partial charge is 0.297 e. The molecule has 2 aromatic rings. The molecule has 2 aliphatic rings. The topological polar surface area (TPSA) is 166 Å². The Bertz CT molecular complexity index is 1140. The van der Waals surface area contributed by atoms with Gasteiger partial charge in [-0.2, -0.15) is 0 Å². The Hall–Kier alpha value is -3.22. The first-order valence-corrected chi connectivity index (χ1v) is 11.8. The number of ketones is 1. The number of hydrogen-bond donors (Lipinski definition) is 3. The maximum atomic E-state index is 12.4. The molecule has 2 aliphatic heterocycles. The maximum absolute atomic E-state index is 12.4. The van der Waals surface area contributed by atoms with Crippen molar-refractivity contribution in [3.63, 3.8) is 0 Å². The van der Waals surface area contributed by atoms with Gasteiger partial charge in [0.2, 0.25) is 12.1 Å². The summed E-state index contributed by atoms with van der Waals surface area (Å²) in [5, 5.41) is 42.1. The predicted molar refractivity (Wildman–Crippen MR) is 127 cm³/mol. The normalized spacial score (nSPS) is 27.2. The summed E-state index contributed by atoms with van der Waals surface area (Å²) in [4.78, 5) is 38.9. The lowest BCUT2D eigenvalue weighted by molar-refractivity contribution is -0.803. The summed E-state index contributed by atoms with van der Waals surface area (Å²) in [5.74, 6) is -3.20. The lowest BCUT2D eigenvalue weighted by atomic mass is 9.83. The van der Waals surface area contributed by atoms with Crippen LogP contribution in [0.25, 0.3) is 0 Å². The van der Waals surface area contributed by atoms with Crippen molar-refractivity contribution >= 4 is 12.1 Å². The fourth-order valence-electron chi connectivity index (χ4n) is 5.12. The number of aryl methyl sites for hydroxylation is 1. The quantitative estimate of drug-likeness (QED) is 0.223. The molecule has 0 aromatic heterocycles. The van der Waals surface area contributed by atoms with E-state index in [0.29, 0.717) is 12.0 Å². The molecule has 11 nitrogen and oxygen atoms in total. The van der Waals surface area contributed by atoms with Gasteiger partial charge in [0, 0.05) is 12.0 Å². The van der Waals surface area contributed by atoms with Crippen LogP contribution in [0.1, 0.15) is 47.9 Å². The molecule has 2 heterocycles. The Balaban J connectivity index is 1.45. The molecule has 0 saturated carbocycles. The van der Waals surface area contributed by atoms with Crippen molar-refractivity contribution in [3.8, 4) is 0 Å². The standard InChI is InChI=1S/C26H28NO10/c1-16(29)22(20-10-6-18(13-28)7-11-20)19-8-4-17(5-9-19)3-2-12-26(32,37-27(33)34)25(31)15-36-23-21(30)14-35-24(23)25/h4-11,21-24,30-32H,2-3,12,14-15H2,1H3/t21-,22?,23-,24+,25+,26?/m1/s1. The molecule has 2 fully saturated rings. The summed E-state index contributed by atoms with van der Waals surface area (Å²) in [6.07, 6.45) is -1.07. The van der Waals surface area contributed by atoms with Crippen molar-refractivity contribution in [2.45, 2.75) is 61.8 Å². The summed E-state index contributed by atoms with van der Waals surface area (Å²) in [5.41, 5.74) is 0.471. The van der Waals surface area contributed by atoms with Crippen molar-refractivity contribution in [3.05, 3.63) is 80.9 Å². The van der Waals surface area contributed by atoms with Gasteiger partial charge in [0.05, 0.1) is 19.1 Å². The lowest BCUT2D eigenvalue weighted by Crippen LogP contribution is -2.64. The largest absolute Gasteiger partial charge is 0.388 e. The summed E-state index contributed by atoms with van der Waals surface area (Å²) < 4.78 is 10.7. The number of carbonyl (C=O) groups excluding carboxylic acids is 2. The highest BCUT2D eigenvalue weighted by atomic mass is 17.0. The summed E-state index contributed by atoms with van der Waals surface area (Å²) in [6.45, 7) is 0.847. The number of aliphatic hydroxyl groups excluding tert-OH is 1. The lowest BCUT2D eigenvalue weighted by Gasteiger charge is -2.40. The molecule has 2 aromatic carbocycles. The third-order valence-corrected chi connectivity index (χ3v) is 7.06. The fourth-order valence-corrected chi connectivity index (χ4v) is 5.12. The second-order valence-corrected chi connectivity index (χ2v) is 9.48. The molecular formula is C26H28NO10. The zero-order valence-electron chi connectivity index (χ0n) is 20.1. The summed E-state index contributed by atoms with van der Waals surface area (Å²) >= 11 is 0. The summed E-state index contributed by atoms with van der Waals surface area (Å²) in [6, 6.07) is 13.9. The number of rotatable bonds is 11. The number of Topliss-reactive ketones (excluding diaryl/α,β-unsaturated/α-hetero) is 1. The molecule has 6 atom stereocenters. The number of hydrogen-bond acceptors (Lipinski definition) is 10. The van der Waals surface area contributed by atoms with Crippen LogP contribution in [-0.4, -0.2) is 75.4 Å². The van der Waals surface area contributed by atoms with E-state index in [1.807, 2.05) is 12.1 Å². The highest BCUT2D eigenvalue weighted by Crippen LogP contribution is 2.43. The first-order valence-electron chi connectivity index (χ1n) is 11.8. The molecule has 2 unspecified atom stereocenters. The van der Waals surface area contributed by atoms with Crippen LogP contribution in [0.15, 0.2) is 48.5 Å². The number of fused-ring (bicyclic) bond motifs is 1. The molecule has 0 bridgehead atoms. The van der Waals surface area contributed by atoms with E-state index < -0.39 is 47.3 Å². The number of aliphatic hydroxyl groups is 3. The monoisotopic (exact) mass is 514 g/mol. The van der Waals surface area contributed by atoms with Crippen LogP contribution < -0.4 is 0 Å². The van der Waals surface area contributed by atoms with E-state index in [1.54, 1.807) is 42.7 Å². The molecule has 0 amide bonds. The van der Waals surface area contributed by atoms with Gasteiger partial charge in [0.15, 0.2) is 5.60 Å². The van der Waals surface area contributed by atoms with Crippen LogP contribution in [-0.2, 0) is 30.3 Å². The maximum Gasteiger partial charge on any atom is 0.297 e. The molecule has 3 N–H and O–H groups in total. The molecular weight excluding hydrogens is 486 g/mol. The van der Waals surface area contributed by atoms with Gasteiger partial charge in [-0.05, 0) is 36.5 Å². The van der Waals surface area contributed by atoms with E-state index in [9.17, 15) is 35.0 Å². The fraction of sp³-hybridized carbons (Fsp3) is 0.462. The van der Waals surface area contributed by atoms with Gasteiger partial charge < -0.3 is 24.8 Å². The van der Waals surface area contributed by atoms with Gasteiger partial charge in [0.25, 0.3) is 5.09 Å². The third kappa shape index (κ3) is 5.27. The van der Waals surface area contributed by atoms with Gasteiger partial charge in [-0.3, -0.25) is 14.4 Å². The van der Waals surface area contributed by atoms with E-state index >= 15 is 0 Å². The van der Waals surface area contributed by atoms with Crippen LogP contribution in [0.3, 0.4) is 0 Å². The molecule has 37 heavy (non-hydrogen) atoms. The van der Waals surface area contributed by atoms with Gasteiger partial charge in [-0.15, -0.1) is 10.1 Å². The zero-order valence-corrected chi connectivity index (χ0v) is 20.1. The van der Waals surface area contributed by atoms with Gasteiger partial charge in [-0.25, -0.2) is 0 Å². The van der Waals surface area contributed by atoms with Crippen LogP contribution in [0.2, 0.25) is 0 Å². The molecule has 4 rings (SSSR count). The Morgan fingerprint density at radius 3 is 2.41 bits per heavy atom. The number of carbonyl (C=O) groups is 1. The summed E-state index contributed by atoms with van der Waals surface area (Å²) in [7, 11) is 0. The minimum Gasteiger partial charge on any atom is -0.388 e. The first-order chi connectivity index (χ1) is 17.6. The van der Waals surface area contributed by atoms with Crippen LogP contribution in [0, 0.1) is 10.1 Å². The Morgan fingerprint density at radius 2 is 1.84 bits per heavy atom. The third-order valence-electron chi connectivity index (χ3n) is 7.06. The number of benzene rings is 2. The van der Waals surface area contributed by atoms with Gasteiger partial charge >= 0.3 is 0 Å². The highest BCUT2D eigenvalue weighted by Gasteiger charge is 2.66. The molecule has 2 saturated heterocycles. The predicted octanol–water partition coefficient (Wildman–Crippen LogP) is 0.974. The molecule has 1 radical (unpaired) electrons. The van der Waals surface area contributed by atoms with E-state index in [-0.39, 0.29) is 25.2 Å². The van der Waals surface area contributed by atoms with Crippen LogP contribution in [0.4, 0.5) is 0 Å². The van der Waals surface area contributed by atoms with E-state index in [4.69, 9.17) is 9.47 Å². The van der Waals surface area contributed by atoms with Crippen LogP contribution in [0.5, 0.6) is 0 Å². The van der Waals surface area contributed by atoms with Crippen molar-refractivity contribution in [2.75, 3.05) is 13.2 Å². The number of nitrogens with zero attached hydrogens (tertiary/aromatic N) is 1. The first kappa shape index (κ1) is 26.8. The van der Waals surface area contributed by atoms with Gasteiger partial charge in [0.1, 0.15) is 24.1 Å². The minimum atomic E-state index is -2.62. The molecule has 11 heteroatoms. The molecule has 0 aliphatic carbocycles. The van der Waals surface area contributed by atoms with Crippen molar-refractivity contribution < 1.29 is 44.3 Å². The second kappa shape index (κ2) is 10.6. The SMILES string of the molecule is CC(=O)C(c1ccc([C]=O)cc1)c1ccc(CCCC(O)(O[N+](=O)[O-])[C@]2(O)CO[C@@H]3[C@H](O)CO[C@@H]32)cc1. The zero-order chi connectivity index (χ0) is 26.8. The van der Waals surface area contributed by atoms with E-state index in [2.05, 4.69) is 4.84 Å². The van der Waals surface area contributed by atoms with Gasteiger partial charge in [-0.1, -0.05) is 48.5 Å². The highest BCUT2D eigenvalue weighted by molar-refractivity contribution is 5.87. The van der Waals surface area contributed by atoms with E-state index in [0.717, 1.165) is 16.7 Å².